The molecular formula is C16H19N3O2S3. The molecule has 1 unspecified atom stereocenters. The van der Waals surface area contributed by atoms with Crippen LogP contribution in [-0.4, -0.2) is 48.6 Å². The van der Waals surface area contributed by atoms with Crippen molar-refractivity contribution in [3.63, 3.8) is 0 Å². The van der Waals surface area contributed by atoms with Gasteiger partial charge in [0, 0.05) is 12.6 Å². The Morgan fingerprint density at radius 2 is 2.25 bits per heavy atom. The molecule has 5 nitrogen and oxygen atoms in total. The number of ether oxygens (including phenoxy) is 1. The lowest BCUT2D eigenvalue weighted by Gasteiger charge is -2.44. The van der Waals surface area contributed by atoms with Crippen LogP contribution in [0.3, 0.4) is 0 Å². The van der Waals surface area contributed by atoms with Crippen molar-refractivity contribution in [1.82, 2.24) is 15.2 Å². The lowest BCUT2D eigenvalue weighted by molar-refractivity contribution is 0.0622. The third kappa shape index (κ3) is 3.46. The van der Waals surface area contributed by atoms with Gasteiger partial charge in [-0.15, -0.1) is 22.7 Å². The van der Waals surface area contributed by atoms with Crippen LogP contribution in [0.2, 0.25) is 0 Å². The Morgan fingerprint density at radius 1 is 1.42 bits per heavy atom. The summed E-state index contributed by atoms with van der Waals surface area (Å²) in [6.45, 7) is 3.38. The fraction of sp³-hybridized carbons (Fsp3) is 0.500. The van der Waals surface area contributed by atoms with Crippen LogP contribution in [0, 0.1) is 5.92 Å². The van der Waals surface area contributed by atoms with Crippen molar-refractivity contribution in [2.24, 2.45) is 5.92 Å². The second kappa shape index (κ2) is 7.03. The number of thiazole rings is 1. The molecule has 3 aliphatic rings. The lowest BCUT2D eigenvalue weighted by Crippen LogP contribution is -2.57. The molecule has 0 radical (unpaired) electrons. The zero-order valence-electron chi connectivity index (χ0n) is 13.4. The molecule has 0 aliphatic carbocycles. The van der Waals surface area contributed by atoms with Crippen LogP contribution >= 0.6 is 34.4 Å². The molecule has 1 atom stereocenters. The van der Waals surface area contributed by atoms with Crippen molar-refractivity contribution in [3.05, 3.63) is 22.4 Å². The molecule has 0 aromatic carbocycles. The van der Waals surface area contributed by atoms with Gasteiger partial charge in [-0.3, -0.25) is 4.79 Å². The lowest BCUT2D eigenvalue weighted by atomic mass is 9.84. The number of methoxy groups -OCH3 is 1. The maximum atomic E-state index is 12.5. The normalized spacial score (nSPS) is 25.6. The van der Waals surface area contributed by atoms with Crippen LogP contribution < -0.4 is 10.1 Å². The first kappa shape index (κ1) is 16.4. The standard InChI is InChI=1S/C16H19N3O2S3/c1-21-13-9-22-16(18-13)24-14-3-2-12(23-14)15(20)17-11-8-19-6-4-10(11)5-7-19/h2-3,9-11H,4-8H2,1H3,(H,17,20). The van der Waals surface area contributed by atoms with Crippen LogP contribution in [0.25, 0.3) is 0 Å². The number of thiophene rings is 1. The number of carbonyl (C=O) groups is 1. The molecule has 2 aromatic heterocycles. The first-order valence-corrected chi connectivity index (χ1v) is 10.5. The fourth-order valence-corrected chi connectivity index (χ4v) is 6.35. The van der Waals surface area contributed by atoms with E-state index < -0.39 is 0 Å². The summed E-state index contributed by atoms with van der Waals surface area (Å²) in [7, 11) is 1.62. The van der Waals surface area contributed by atoms with E-state index in [4.69, 9.17) is 4.74 Å². The number of nitrogens with one attached hydrogen (secondary N) is 1. The summed E-state index contributed by atoms with van der Waals surface area (Å²) in [5.41, 5.74) is 0. The van der Waals surface area contributed by atoms with Gasteiger partial charge in [-0.05, 0) is 55.7 Å². The Hall–Kier alpha value is -1.09. The molecule has 3 fully saturated rings. The monoisotopic (exact) mass is 381 g/mol. The largest absolute Gasteiger partial charge is 0.480 e. The van der Waals surface area contributed by atoms with Crippen LogP contribution in [0.4, 0.5) is 0 Å². The van der Waals surface area contributed by atoms with E-state index in [1.54, 1.807) is 30.2 Å². The molecule has 5 rings (SSSR count). The van der Waals surface area contributed by atoms with Gasteiger partial charge in [-0.2, -0.15) is 4.98 Å². The van der Waals surface area contributed by atoms with Gasteiger partial charge in [-0.1, -0.05) is 0 Å². The number of hydrogen-bond donors (Lipinski definition) is 1. The Kier molecular flexibility index (Phi) is 4.80. The number of piperidine rings is 3. The maximum Gasteiger partial charge on any atom is 0.261 e. The van der Waals surface area contributed by atoms with E-state index in [9.17, 15) is 4.79 Å². The number of aromatic nitrogens is 1. The molecule has 0 spiro atoms. The fourth-order valence-electron chi connectivity index (χ4n) is 3.34. The predicted molar refractivity (Wildman–Crippen MR) is 97.5 cm³/mol. The third-order valence-corrected chi connectivity index (χ3v) is 7.77. The average Bonchev–Trinajstić information content (AvgIpc) is 3.26. The van der Waals surface area contributed by atoms with Crippen LogP contribution in [0.15, 0.2) is 26.1 Å². The van der Waals surface area contributed by atoms with Gasteiger partial charge >= 0.3 is 0 Å². The Morgan fingerprint density at radius 3 is 2.92 bits per heavy atom. The van der Waals surface area contributed by atoms with Crippen molar-refractivity contribution in [2.75, 3.05) is 26.7 Å². The molecule has 2 aromatic rings. The molecule has 128 valence electrons. The highest BCUT2D eigenvalue weighted by molar-refractivity contribution is 8.02. The zero-order valence-corrected chi connectivity index (χ0v) is 15.8. The molecule has 2 bridgehead atoms. The number of amides is 1. The van der Waals surface area contributed by atoms with Gasteiger partial charge in [-0.25, -0.2) is 0 Å². The molecule has 5 heterocycles. The molecule has 3 aliphatic heterocycles. The van der Waals surface area contributed by atoms with Crippen LogP contribution in [0.1, 0.15) is 22.5 Å². The van der Waals surface area contributed by atoms with Gasteiger partial charge in [0.25, 0.3) is 5.91 Å². The first-order chi connectivity index (χ1) is 11.7. The third-order valence-electron chi connectivity index (χ3n) is 4.64. The van der Waals surface area contributed by atoms with Gasteiger partial charge < -0.3 is 15.0 Å². The maximum absolute atomic E-state index is 12.5. The van der Waals surface area contributed by atoms with Crippen LogP contribution in [-0.2, 0) is 0 Å². The first-order valence-electron chi connectivity index (χ1n) is 8.01. The number of rotatable bonds is 5. The Balaban J connectivity index is 1.38. The van der Waals surface area contributed by atoms with E-state index in [0.717, 1.165) is 20.0 Å². The van der Waals surface area contributed by atoms with E-state index >= 15 is 0 Å². The van der Waals surface area contributed by atoms with Gasteiger partial charge in [0.2, 0.25) is 5.88 Å². The SMILES string of the molecule is COc1csc(Sc2ccc(C(=O)NC3CN4CCC3CC4)s2)n1. The summed E-state index contributed by atoms with van der Waals surface area (Å²) in [5.74, 6) is 1.34. The van der Waals surface area contributed by atoms with E-state index in [-0.39, 0.29) is 5.91 Å². The molecular weight excluding hydrogens is 362 g/mol. The molecule has 8 heteroatoms. The minimum atomic E-state index is 0.0577. The quantitative estimate of drug-likeness (QED) is 0.862. The minimum Gasteiger partial charge on any atom is -0.480 e. The highest BCUT2D eigenvalue weighted by atomic mass is 32.2. The zero-order chi connectivity index (χ0) is 16.5. The second-order valence-electron chi connectivity index (χ2n) is 6.09. The number of fused-ring (bicyclic) bond motifs is 3. The van der Waals surface area contributed by atoms with Crippen molar-refractivity contribution < 1.29 is 9.53 Å². The Bertz CT molecular complexity index is 722. The van der Waals surface area contributed by atoms with E-state index in [1.807, 2.05) is 17.5 Å². The second-order valence-corrected chi connectivity index (χ2v) is 9.58. The predicted octanol–water partition coefficient (Wildman–Crippen LogP) is 3.19. The number of hydrogen-bond acceptors (Lipinski definition) is 7. The van der Waals surface area contributed by atoms with Crippen molar-refractivity contribution in [1.29, 1.82) is 0 Å². The molecule has 24 heavy (non-hydrogen) atoms. The van der Waals surface area contributed by atoms with Gasteiger partial charge in [0.1, 0.15) is 0 Å². The van der Waals surface area contributed by atoms with Crippen LogP contribution in [0.5, 0.6) is 5.88 Å². The summed E-state index contributed by atoms with van der Waals surface area (Å²) in [6, 6.07) is 4.21. The average molecular weight is 382 g/mol. The van der Waals surface area contributed by atoms with E-state index in [1.165, 1.54) is 37.3 Å². The highest BCUT2D eigenvalue weighted by Gasteiger charge is 2.35. The van der Waals surface area contributed by atoms with E-state index in [2.05, 4.69) is 15.2 Å². The molecule has 0 saturated carbocycles. The Labute approximate surface area is 153 Å². The van der Waals surface area contributed by atoms with Crippen molar-refractivity contribution >= 4 is 40.3 Å². The number of nitrogens with zero attached hydrogens (tertiary/aromatic N) is 2. The van der Waals surface area contributed by atoms with Gasteiger partial charge in [0.05, 0.1) is 21.6 Å². The summed E-state index contributed by atoms with van der Waals surface area (Å²) in [4.78, 5) is 20.1. The summed E-state index contributed by atoms with van der Waals surface area (Å²) in [6.07, 6.45) is 2.42. The number of carbonyl (C=O) groups excluding carboxylic acids is 1. The minimum absolute atomic E-state index is 0.0577. The van der Waals surface area contributed by atoms with E-state index in [0.29, 0.717) is 17.8 Å². The molecule has 3 saturated heterocycles. The summed E-state index contributed by atoms with van der Waals surface area (Å²) >= 11 is 4.65. The van der Waals surface area contributed by atoms with Crippen molar-refractivity contribution in [3.8, 4) is 5.88 Å². The molecule has 1 N–H and O–H groups in total. The summed E-state index contributed by atoms with van der Waals surface area (Å²) in [5, 5.41) is 5.13. The highest BCUT2D eigenvalue weighted by Crippen LogP contribution is 2.36. The molecule has 1 amide bonds. The van der Waals surface area contributed by atoms with Gasteiger partial charge in [0.15, 0.2) is 4.34 Å². The topological polar surface area (TPSA) is 54.5 Å². The van der Waals surface area contributed by atoms with Crippen molar-refractivity contribution in [2.45, 2.75) is 27.4 Å². The summed E-state index contributed by atoms with van der Waals surface area (Å²) < 4.78 is 7.11. The smallest absolute Gasteiger partial charge is 0.261 e.